The second kappa shape index (κ2) is 8.07. The Morgan fingerprint density at radius 1 is 0.917 bits per heavy atom. The lowest BCUT2D eigenvalue weighted by molar-refractivity contribution is -0.136. The van der Waals surface area contributed by atoms with Crippen LogP contribution in [0.15, 0.2) is 48.5 Å². The molecule has 2 aromatic carbocycles. The van der Waals surface area contributed by atoms with Crippen LogP contribution in [0.3, 0.4) is 0 Å². The number of rotatable bonds is 4. The molecule has 2 aromatic rings. The first-order valence-corrected chi connectivity index (χ1v) is 7.22. The molecule has 8 heteroatoms. The first kappa shape index (κ1) is 17.4. The van der Waals surface area contributed by atoms with E-state index in [4.69, 9.17) is 11.6 Å². The Hall–Kier alpha value is -2.93. The van der Waals surface area contributed by atoms with Crippen LogP contribution in [0.1, 0.15) is 0 Å². The maximum Gasteiger partial charge on any atom is 0.313 e. The first-order valence-electron chi connectivity index (χ1n) is 6.84. The molecule has 0 spiro atoms. The highest BCUT2D eigenvalue weighted by atomic mass is 35.5. The second-order valence-electron chi connectivity index (χ2n) is 4.70. The van der Waals surface area contributed by atoms with E-state index >= 15 is 0 Å². The lowest BCUT2D eigenvalue weighted by Crippen LogP contribution is -2.39. The van der Waals surface area contributed by atoms with E-state index in [0.717, 1.165) is 0 Å². The molecule has 0 saturated carbocycles. The average Bonchev–Trinajstić information content (AvgIpc) is 2.54. The molecule has 0 radical (unpaired) electrons. The van der Waals surface area contributed by atoms with Gasteiger partial charge in [0.15, 0.2) is 0 Å². The highest BCUT2D eigenvalue weighted by Crippen LogP contribution is 2.14. The highest BCUT2D eigenvalue weighted by Gasteiger charge is 2.15. The van der Waals surface area contributed by atoms with Gasteiger partial charge in [0.1, 0.15) is 5.82 Å². The summed E-state index contributed by atoms with van der Waals surface area (Å²) in [4.78, 5) is 35.0. The standard InChI is InChI=1S/C16H13ClFN3O3/c17-10-2-1-3-13(8-10)21-16(24)15(23)19-9-14(22)20-12-6-4-11(18)5-7-12/h1-8H,9H2,(H,19,23)(H,20,22)(H,21,24). The highest BCUT2D eigenvalue weighted by molar-refractivity contribution is 6.40. The third-order valence-electron chi connectivity index (χ3n) is 2.83. The maximum absolute atomic E-state index is 12.7. The lowest BCUT2D eigenvalue weighted by atomic mass is 10.3. The van der Waals surface area contributed by atoms with Gasteiger partial charge in [-0.05, 0) is 42.5 Å². The van der Waals surface area contributed by atoms with Gasteiger partial charge in [-0.1, -0.05) is 17.7 Å². The predicted molar refractivity (Wildman–Crippen MR) is 88.1 cm³/mol. The van der Waals surface area contributed by atoms with E-state index in [1.165, 1.54) is 30.3 Å². The van der Waals surface area contributed by atoms with Gasteiger partial charge >= 0.3 is 11.8 Å². The number of anilines is 2. The summed E-state index contributed by atoms with van der Waals surface area (Å²) in [5.41, 5.74) is 0.734. The summed E-state index contributed by atoms with van der Waals surface area (Å²) < 4.78 is 12.7. The van der Waals surface area contributed by atoms with Gasteiger partial charge in [-0.15, -0.1) is 0 Å². The van der Waals surface area contributed by atoms with E-state index in [1.54, 1.807) is 18.2 Å². The van der Waals surface area contributed by atoms with E-state index in [-0.39, 0.29) is 0 Å². The summed E-state index contributed by atoms with van der Waals surface area (Å²) >= 11 is 5.77. The van der Waals surface area contributed by atoms with Crippen LogP contribution >= 0.6 is 11.6 Å². The van der Waals surface area contributed by atoms with Crippen molar-refractivity contribution in [2.24, 2.45) is 0 Å². The fraction of sp³-hybridized carbons (Fsp3) is 0.0625. The summed E-state index contributed by atoms with van der Waals surface area (Å²) in [5, 5.41) is 7.39. The molecule has 0 saturated heterocycles. The Morgan fingerprint density at radius 2 is 1.62 bits per heavy atom. The van der Waals surface area contributed by atoms with Gasteiger partial charge in [0.25, 0.3) is 0 Å². The van der Waals surface area contributed by atoms with Gasteiger partial charge in [0.2, 0.25) is 5.91 Å². The summed E-state index contributed by atoms with van der Waals surface area (Å²) in [6.45, 7) is -0.404. The van der Waals surface area contributed by atoms with Gasteiger partial charge in [-0.3, -0.25) is 14.4 Å². The van der Waals surface area contributed by atoms with Gasteiger partial charge < -0.3 is 16.0 Å². The molecule has 0 aliphatic heterocycles. The summed E-state index contributed by atoms with van der Waals surface area (Å²) in [6.07, 6.45) is 0. The summed E-state index contributed by atoms with van der Waals surface area (Å²) in [7, 11) is 0. The van der Waals surface area contributed by atoms with Crippen molar-refractivity contribution in [1.29, 1.82) is 0 Å². The Bertz CT molecular complexity index is 765. The van der Waals surface area contributed by atoms with Crippen molar-refractivity contribution in [2.75, 3.05) is 17.2 Å². The molecule has 2 rings (SSSR count). The second-order valence-corrected chi connectivity index (χ2v) is 5.14. The quantitative estimate of drug-likeness (QED) is 0.739. The molecule has 3 amide bonds. The van der Waals surface area contributed by atoms with Gasteiger partial charge in [0.05, 0.1) is 6.54 Å². The number of hydrogen-bond acceptors (Lipinski definition) is 3. The SMILES string of the molecule is O=C(CNC(=O)C(=O)Nc1cccc(Cl)c1)Nc1ccc(F)cc1. The fourth-order valence-corrected chi connectivity index (χ4v) is 1.92. The van der Waals surface area contributed by atoms with Crippen molar-refractivity contribution in [2.45, 2.75) is 0 Å². The van der Waals surface area contributed by atoms with Gasteiger partial charge in [0, 0.05) is 16.4 Å². The number of carbonyl (C=O) groups is 3. The van der Waals surface area contributed by atoms with Crippen molar-refractivity contribution in [1.82, 2.24) is 5.32 Å². The van der Waals surface area contributed by atoms with Crippen LogP contribution in [0.2, 0.25) is 5.02 Å². The Kier molecular flexibility index (Phi) is 5.86. The van der Waals surface area contributed by atoms with Crippen LogP contribution in [0, 0.1) is 5.82 Å². The summed E-state index contributed by atoms with van der Waals surface area (Å²) in [5.74, 6) is -2.87. The zero-order valence-electron chi connectivity index (χ0n) is 12.3. The molecular weight excluding hydrogens is 337 g/mol. The molecule has 0 atom stereocenters. The lowest BCUT2D eigenvalue weighted by Gasteiger charge is -2.08. The molecule has 24 heavy (non-hydrogen) atoms. The number of hydrogen-bond donors (Lipinski definition) is 3. The van der Waals surface area contributed by atoms with Crippen molar-refractivity contribution in [3.8, 4) is 0 Å². The average molecular weight is 350 g/mol. The van der Waals surface area contributed by atoms with Crippen LogP contribution in [0.5, 0.6) is 0 Å². The Balaban J connectivity index is 1.80. The largest absolute Gasteiger partial charge is 0.339 e. The third kappa shape index (κ3) is 5.36. The molecule has 6 nitrogen and oxygen atoms in total. The number of benzene rings is 2. The normalized spacial score (nSPS) is 9.92. The molecular formula is C16H13ClFN3O3. The number of halogens is 2. The van der Waals surface area contributed by atoms with Crippen molar-refractivity contribution >= 4 is 40.7 Å². The minimum atomic E-state index is -0.968. The zero-order chi connectivity index (χ0) is 17.5. The number of amides is 3. The number of carbonyl (C=O) groups excluding carboxylic acids is 3. The minimum absolute atomic E-state index is 0.360. The smallest absolute Gasteiger partial charge is 0.313 e. The molecule has 0 unspecified atom stereocenters. The van der Waals surface area contributed by atoms with Crippen LogP contribution in [0.25, 0.3) is 0 Å². The van der Waals surface area contributed by atoms with E-state index < -0.39 is 30.1 Å². The van der Waals surface area contributed by atoms with E-state index in [1.807, 2.05) is 0 Å². The van der Waals surface area contributed by atoms with Crippen LogP contribution in [-0.2, 0) is 14.4 Å². The van der Waals surface area contributed by atoms with E-state index in [2.05, 4.69) is 16.0 Å². The Labute approximate surface area is 142 Å². The molecule has 124 valence electrons. The van der Waals surface area contributed by atoms with Crippen molar-refractivity contribution in [3.05, 3.63) is 59.4 Å². The van der Waals surface area contributed by atoms with Crippen LogP contribution in [-0.4, -0.2) is 24.3 Å². The summed E-state index contributed by atoms with van der Waals surface area (Å²) in [6, 6.07) is 11.4. The maximum atomic E-state index is 12.7. The van der Waals surface area contributed by atoms with Gasteiger partial charge in [-0.2, -0.15) is 0 Å². The first-order chi connectivity index (χ1) is 11.4. The molecule has 0 bridgehead atoms. The zero-order valence-corrected chi connectivity index (χ0v) is 13.1. The van der Waals surface area contributed by atoms with E-state index in [9.17, 15) is 18.8 Å². The van der Waals surface area contributed by atoms with E-state index in [0.29, 0.717) is 16.4 Å². The molecule has 0 aliphatic rings. The monoisotopic (exact) mass is 349 g/mol. The minimum Gasteiger partial charge on any atom is -0.339 e. The Morgan fingerprint density at radius 3 is 2.29 bits per heavy atom. The van der Waals surface area contributed by atoms with Crippen molar-refractivity contribution < 1.29 is 18.8 Å². The van der Waals surface area contributed by atoms with Gasteiger partial charge in [-0.25, -0.2) is 4.39 Å². The molecule has 0 heterocycles. The molecule has 0 fully saturated rings. The molecule has 3 N–H and O–H groups in total. The molecule has 0 aromatic heterocycles. The number of nitrogens with one attached hydrogen (secondary N) is 3. The predicted octanol–water partition coefficient (Wildman–Crippen LogP) is 2.17. The fourth-order valence-electron chi connectivity index (χ4n) is 1.73. The van der Waals surface area contributed by atoms with Crippen LogP contribution < -0.4 is 16.0 Å². The van der Waals surface area contributed by atoms with Crippen LogP contribution in [0.4, 0.5) is 15.8 Å². The van der Waals surface area contributed by atoms with Crippen molar-refractivity contribution in [3.63, 3.8) is 0 Å². The third-order valence-corrected chi connectivity index (χ3v) is 3.06. The topological polar surface area (TPSA) is 87.3 Å². The molecule has 0 aliphatic carbocycles.